The Morgan fingerprint density at radius 1 is 1.75 bits per heavy atom. The maximum Gasteiger partial charge on any atom is 0.236 e. The number of β-amino-alcohol motifs (C(OH)–C–C–N with tert-alkyl or cyclic N) is 1. The molecule has 1 saturated heterocycles. The molecule has 1 fully saturated rings. The Morgan fingerprint density at radius 2 is 2.50 bits per heavy atom. The number of aliphatic hydroxyl groups excluding tert-OH is 1. The van der Waals surface area contributed by atoms with E-state index in [4.69, 9.17) is 5.26 Å². The number of carbonyl (C=O) groups excluding carboxylic acids is 1. The van der Waals surface area contributed by atoms with Gasteiger partial charge in [0.2, 0.25) is 5.91 Å². The summed E-state index contributed by atoms with van der Waals surface area (Å²) in [6.45, 7) is 1.07. The first kappa shape index (κ1) is 9.01. The summed E-state index contributed by atoms with van der Waals surface area (Å²) >= 11 is 0. The Hall–Kier alpha value is -1.08. The molecular weight excluding hydrogens is 156 g/mol. The number of piperidine rings is 1. The van der Waals surface area contributed by atoms with Gasteiger partial charge in [0, 0.05) is 13.1 Å². The zero-order chi connectivity index (χ0) is 8.97. The number of amides is 1. The molecule has 1 heterocycles. The van der Waals surface area contributed by atoms with Crippen molar-refractivity contribution < 1.29 is 9.90 Å². The molecule has 1 N–H and O–H groups in total. The Bertz CT molecular complexity index is 210. The number of nitriles is 1. The lowest BCUT2D eigenvalue weighted by molar-refractivity contribution is -0.133. The van der Waals surface area contributed by atoms with Gasteiger partial charge in [-0.15, -0.1) is 0 Å². The van der Waals surface area contributed by atoms with E-state index in [1.165, 1.54) is 0 Å². The monoisotopic (exact) mass is 168 g/mol. The smallest absolute Gasteiger partial charge is 0.236 e. The van der Waals surface area contributed by atoms with Crippen molar-refractivity contribution in [2.45, 2.75) is 25.4 Å². The average molecular weight is 168 g/mol. The number of hydrogen-bond donors (Lipinski definition) is 1. The summed E-state index contributed by atoms with van der Waals surface area (Å²) in [4.78, 5) is 12.7. The van der Waals surface area contributed by atoms with Gasteiger partial charge in [-0.3, -0.25) is 4.79 Å². The van der Waals surface area contributed by atoms with Gasteiger partial charge in [-0.2, -0.15) is 5.26 Å². The summed E-state index contributed by atoms with van der Waals surface area (Å²) in [5.41, 5.74) is 0. The van der Waals surface area contributed by atoms with Crippen molar-refractivity contribution in [3.8, 4) is 6.07 Å². The van der Waals surface area contributed by atoms with E-state index in [9.17, 15) is 9.90 Å². The lowest BCUT2D eigenvalue weighted by Gasteiger charge is -2.29. The standard InChI is InChI=1S/C8H12N2O2/c9-4-3-8(12)10-5-1-2-7(11)6-10/h7,11H,1-3,5-6H2. The third-order valence-corrected chi connectivity index (χ3v) is 1.98. The second-order valence-corrected chi connectivity index (χ2v) is 2.97. The Morgan fingerprint density at radius 3 is 3.08 bits per heavy atom. The molecule has 1 rings (SSSR count). The van der Waals surface area contributed by atoms with Crippen LogP contribution in [0.15, 0.2) is 0 Å². The summed E-state index contributed by atoms with van der Waals surface area (Å²) in [5, 5.41) is 17.5. The van der Waals surface area contributed by atoms with Gasteiger partial charge in [0.1, 0.15) is 6.42 Å². The minimum Gasteiger partial charge on any atom is -0.391 e. The van der Waals surface area contributed by atoms with Gasteiger partial charge in [0.15, 0.2) is 0 Å². The van der Waals surface area contributed by atoms with E-state index in [0.29, 0.717) is 13.1 Å². The van der Waals surface area contributed by atoms with Crippen LogP contribution in [0.1, 0.15) is 19.3 Å². The highest BCUT2D eigenvalue weighted by atomic mass is 16.3. The average Bonchev–Trinajstić information content (AvgIpc) is 2.05. The first-order valence-corrected chi connectivity index (χ1v) is 4.07. The molecule has 12 heavy (non-hydrogen) atoms. The Labute approximate surface area is 71.4 Å². The Kier molecular flexibility index (Phi) is 3.06. The third-order valence-electron chi connectivity index (χ3n) is 1.98. The summed E-state index contributed by atoms with van der Waals surface area (Å²) < 4.78 is 0. The normalized spacial score (nSPS) is 23.3. The van der Waals surface area contributed by atoms with Crippen molar-refractivity contribution in [3.63, 3.8) is 0 Å². The van der Waals surface area contributed by atoms with Crippen molar-refractivity contribution in [3.05, 3.63) is 0 Å². The van der Waals surface area contributed by atoms with Crippen LogP contribution in [-0.2, 0) is 4.79 Å². The number of aliphatic hydroxyl groups is 1. The molecule has 0 aliphatic carbocycles. The van der Waals surface area contributed by atoms with Gasteiger partial charge >= 0.3 is 0 Å². The molecule has 0 spiro atoms. The van der Waals surface area contributed by atoms with Gasteiger partial charge < -0.3 is 10.0 Å². The molecule has 1 amide bonds. The second-order valence-electron chi connectivity index (χ2n) is 2.97. The van der Waals surface area contributed by atoms with Crippen LogP contribution in [0, 0.1) is 11.3 Å². The maximum absolute atomic E-state index is 11.1. The second kappa shape index (κ2) is 4.07. The number of likely N-dealkylation sites (tertiary alicyclic amines) is 1. The molecule has 0 aromatic carbocycles. The van der Waals surface area contributed by atoms with Crippen LogP contribution in [0.25, 0.3) is 0 Å². The van der Waals surface area contributed by atoms with Gasteiger partial charge in [0.25, 0.3) is 0 Å². The van der Waals surface area contributed by atoms with Crippen LogP contribution in [0.5, 0.6) is 0 Å². The number of hydrogen-bond acceptors (Lipinski definition) is 3. The van der Waals surface area contributed by atoms with Crippen LogP contribution in [-0.4, -0.2) is 35.1 Å². The summed E-state index contributed by atoms with van der Waals surface area (Å²) in [7, 11) is 0. The van der Waals surface area contributed by atoms with Crippen LogP contribution in [0.3, 0.4) is 0 Å². The van der Waals surface area contributed by atoms with Crippen LogP contribution < -0.4 is 0 Å². The predicted octanol–water partition coefficient (Wildman–Crippen LogP) is -0.117. The molecule has 0 radical (unpaired) electrons. The van der Waals surface area contributed by atoms with E-state index < -0.39 is 6.10 Å². The minimum absolute atomic E-state index is 0.0767. The van der Waals surface area contributed by atoms with Gasteiger partial charge in [0.05, 0.1) is 12.2 Å². The van der Waals surface area contributed by atoms with Crippen LogP contribution in [0.2, 0.25) is 0 Å². The van der Waals surface area contributed by atoms with E-state index in [0.717, 1.165) is 12.8 Å². The van der Waals surface area contributed by atoms with Crippen LogP contribution in [0.4, 0.5) is 0 Å². The van der Waals surface area contributed by atoms with Crippen molar-refractivity contribution in [2.24, 2.45) is 0 Å². The molecule has 0 aromatic heterocycles. The summed E-state index contributed by atoms with van der Waals surface area (Å²) in [6.07, 6.45) is 1.11. The maximum atomic E-state index is 11.1. The molecular formula is C8H12N2O2. The molecule has 0 bridgehead atoms. The molecule has 66 valence electrons. The summed E-state index contributed by atoms with van der Waals surface area (Å²) in [5.74, 6) is -0.170. The topological polar surface area (TPSA) is 64.3 Å². The molecule has 4 nitrogen and oxygen atoms in total. The number of carbonyl (C=O) groups is 1. The van der Waals surface area contributed by atoms with Gasteiger partial charge in [-0.05, 0) is 12.8 Å². The van der Waals surface area contributed by atoms with Gasteiger partial charge in [-0.1, -0.05) is 0 Å². The Balaban J connectivity index is 2.41. The fourth-order valence-electron chi connectivity index (χ4n) is 1.36. The predicted molar refractivity (Wildman–Crippen MR) is 42.1 cm³/mol. The molecule has 1 atom stereocenters. The molecule has 0 saturated carbocycles. The number of rotatable bonds is 1. The van der Waals surface area contributed by atoms with E-state index in [1.807, 2.05) is 0 Å². The molecule has 1 unspecified atom stereocenters. The highest BCUT2D eigenvalue weighted by molar-refractivity contribution is 5.78. The molecule has 4 heteroatoms. The van der Waals surface area contributed by atoms with E-state index in [1.54, 1.807) is 11.0 Å². The van der Waals surface area contributed by atoms with E-state index in [2.05, 4.69) is 0 Å². The highest BCUT2D eigenvalue weighted by Crippen LogP contribution is 2.10. The minimum atomic E-state index is -0.401. The van der Waals surface area contributed by atoms with E-state index in [-0.39, 0.29) is 12.3 Å². The lowest BCUT2D eigenvalue weighted by atomic mass is 10.1. The zero-order valence-corrected chi connectivity index (χ0v) is 6.86. The molecule has 1 aliphatic heterocycles. The largest absolute Gasteiger partial charge is 0.391 e. The SMILES string of the molecule is N#CCC(=O)N1CCCC(O)C1. The van der Waals surface area contributed by atoms with Crippen molar-refractivity contribution in [2.75, 3.05) is 13.1 Å². The fraction of sp³-hybridized carbons (Fsp3) is 0.750. The molecule has 0 aromatic rings. The highest BCUT2D eigenvalue weighted by Gasteiger charge is 2.21. The van der Waals surface area contributed by atoms with Gasteiger partial charge in [-0.25, -0.2) is 0 Å². The number of nitrogens with zero attached hydrogens (tertiary/aromatic N) is 2. The van der Waals surface area contributed by atoms with Crippen molar-refractivity contribution in [1.82, 2.24) is 4.90 Å². The summed E-state index contributed by atoms with van der Waals surface area (Å²) in [6, 6.07) is 1.81. The third kappa shape index (κ3) is 2.21. The quantitative estimate of drug-likeness (QED) is 0.593. The fourth-order valence-corrected chi connectivity index (χ4v) is 1.36. The van der Waals surface area contributed by atoms with Crippen LogP contribution >= 0.6 is 0 Å². The zero-order valence-electron chi connectivity index (χ0n) is 6.86. The first-order chi connectivity index (χ1) is 5.74. The molecule has 1 aliphatic rings. The van der Waals surface area contributed by atoms with E-state index >= 15 is 0 Å². The lowest BCUT2D eigenvalue weighted by Crippen LogP contribution is -2.41. The van der Waals surface area contributed by atoms with Crippen molar-refractivity contribution in [1.29, 1.82) is 5.26 Å². The first-order valence-electron chi connectivity index (χ1n) is 4.07. The van der Waals surface area contributed by atoms with Crippen molar-refractivity contribution >= 4 is 5.91 Å².